The Morgan fingerprint density at radius 2 is 2.04 bits per heavy atom. The first-order chi connectivity index (χ1) is 11.1. The average Bonchev–Trinajstić information content (AvgIpc) is 3.10. The fraction of sp³-hybridized carbons (Fsp3) is 0.125. The van der Waals surface area contributed by atoms with E-state index in [0.717, 1.165) is 15.7 Å². The molecule has 0 bridgehead atoms. The van der Waals surface area contributed by atoms with Crippen molar-refractivity contribution in [1.29, 1.82) is 0 Å². The second kappa shape index (κ2) is 6.70. The molecule has 2 aromatic carbocycles. The van der Waals surface area contributed by atoms with Crippen LogP contribution in [0.25, 0.3) is 5.69 Å². The zero-order valence-corrected chi connectivity index (χ0v) is 13.9. The predicted molar refractivity (Wildman–Crippen MR) is 89.2 cm³/mol. The summed E-state index contributed by atoms with van der Waals surface area (Å²) in [4.78, 5) is 12.5. The van der Waals surface area contributed by atoms with E-state index in [2.05, 4.69) is 36.8 Å². The molecule has 0 saturated carbocycles. The summed E-state index contributed by atoms with van der Waals surface area (Å²) in [5.41, 5.74) is 2.31. The van der Waals surface area contributed by atoms with E-state index >= 15 is 0 Å². The molecule has 1 heterocycles. The Bertz CT molecular complexity index is 819. The molecule has 0 aliphatic carbocycles. The molecular formula is C16H14BrN5O. The molecule has 0 radical (unpaired) electrons. The molecular weight excluding hydrogens is 358 g/mol. The van der Waals surface area contributed by atoms with Crippen LogP contribution in [-0.2, 0) is 0 Å². The number of tetrazole rings is 1. The van der Waals surface area contributed by atoms with Gasteiger partial charge >= 0.3 is 0 Å². The molecule has 1 aromatic heterocycles. The number of amides is 1. The Kier molecular flexibility index (Phi) is 4.47. The van der Waals surface area contributed by atoms with Crippen molar-refractivity contribution in [3.63, 3.8) is 0 Å². The maximum atomic E-state index is 12.5. The fourth-order valence-electron chi connectivity index (χ4n) is 2.25. The number of carbonyl (C=O) groups is 1. The maximum Gasteiger partial charge on any atom is 0.251 e. The summed E-state index contributed by atoms with van der Waals surface area (Å²) in [7, 11) is 0. The fourth-order valence-corrected chi connectivity index (χ4v) is 2.88. The molecule has 6 nitrogen and oxygen atoms in total. The lowest BCUT2D eigenvalue weighted by molar-refractivity contribution is 0.0939. The largest absolute Gasteiger partial charge is 0.345 e. The highest BCUT2D eigenvalue weighted by molar-refractivity contribution is 9.10. The van der Waals surface area contributed by atoms with E-state index in [1.54, 1.807) is 18.2 Å². The summed E-state index contributed by atoms with van der Waals surface area (Å²) < 4.78 is 2.48. The van der Waals surface area contributed by atoms with Gasteiger partial charge in [0.2, 0.25) is 0 Å². The molecule has 1 atom stereocenters. The summed E-state index contributed by atoms with van der Waals surface area (Å²) in [5.74, 6) is -0.150. The van der Waals surface area contributed by atoms with E-state index in [4.69, 9.17) is 0 Å². The van der Waals surface area contributed by atoms with Gasteiger partial charge in [0.05, 0.1) is 11.7 Å². The molecule has 3 aromatic rings. The molecule has 1 N–H and O–H groups in total. The number of halogens is 1. The van der Waals surface area contributed by atoms with Crippen LogP contribution in [0.5, 0.6) is 0 Å². The minimum atomic E-state index is -0.150. The van der Waals surface area contributed by atoms with Crippen LogP contribution in [0.3, 0.4) is 0 Å². The van der Waals surface area contributed by atoms with Gasteiger partial charge in [-0.1, -0.05) is 40.2 Å². The van der Waals surface area contributed by atoms with E-state index in [-0.39, 0.29) is 11.9 Å². The normalized spacial score (nSPS) is 11.9. The van der Waals surface area contributed by atoms with Crippen LogP contribution < -0.4 is 5.32 Å². The number of hydrogen-bond acceptors (Lipinski definition) is 4. The Morgan fingerprint density at radius 3 is 2.78 bits per heavy atom. The standard InChI is InChI=1S/C16H14BrN5O/c1-11(14-7-2-3-8-15(14)17)19-16(23)12-5-4-6-13(9-12)22-10-18-20-21-22/h2-11H,1H3,(H,19,23). The Morgan fingerprint density at radius 1 is 1.22 bits per heavy atom. The van der Waals surface area contributed by atoms with Gasteiger partial charge in [-0.3, -0.25) is 4.79 Å². The number of aromatic nitrogens is 4. The highest BCUT2D eigenvalue weighted by Crippen LogP contribution is 2.23. The molecule has 0 fully saturated rings. The minimum Gasteiger partial charge on any atom is -0.345 e. The number of rotatable bonds is 4. The Balaban J connectivity index is 1.79. The molecule has 7 heteroatoms. The molecule has 1 amide bonds. The molecule has 23 heavy (non-hydrogen) atoms. The van der Waals surface area contributed by atoms with Gasteiger partial charge < -0.3 is 5.32 Å². The van der Waals surface area contributed by atoms with Crippen molar-refractivity contribution >= 4 is 21.8 Å². The molecule has 116 valence electrons. The Labute approximate surface area is 141 Å². The quantitative estimate of drug-likeness (QED) is 0.765. The highest BCUT2D eigenvalue weighted by atomic mass is 79.9. The van der Waals surface area contributed by atoms with Crippen molar-refractivity contribution in [2.24, 2.45) is 0 Å². The minimum absolute atomic E-state index is 0.116. The van der Waals surface area contributed by atoms with E-state index in [1.165, 1.54) is 11.0 Å². The lowest BCUT2D eigenvalue weighted by Crippen LogP contribution is -2.27. The second-order valence-electron chi connectivity index (χ2n) is 5.02. The van der Waals surface area contributed by atoms with Crippen LogP contribution >= 0.6 is 15.9 Å². The molecule has 0 aliphatic heterocycles. The van der Waals surface area contributed by atoms with Crippen LogP contribution in [0.4, 0.5) is 0 Å². The molecule has 3 rings (SSSR count). The van der Waals surface area contributed by atoms with Crippen LogP contribution in [0.1, 0.15) is 28.9 Å². The third-order valence-corrected chi connectivity index (χ3v) is 4.16. The lowest BCUT2D eigenvalue weighted by atomic mass is 10.1. The van der Waals surface area contributed by atoms with E-state index in [0.29, 0.717) is 5.56 Å². The summed E-state index contributed by atoms with van der Waals surface area (Å²) in [5, 5.41) is 14.0. The summed E-state index contributed by atoms with van der Waals surface area (Å²) in [6.07, 6.45) is 1.49. The van der Waals surface area contributed by atoms with Crippen molar-refractivity contribution < 1.29 is 4.79 Å². The molecule has 0 spiro atoms. The van der Waals surface area contributed by atoms with Crippen molar-refractivity contribution in [2.45, 2.75) is 13.0 Å². The van der Waals surface area contributed by atoms with Crippen LogP contribution in [0.2, 0.25) is 0 Å². The second-order valence-corrected chi connectivity index (χ2v) is 5.88. The van der Waals surface area contributed by atoms with Crippen molar-refractivity contribution in [1.82, 2.24) is 25.5 Å². The SMILES string of the molecule is CC(NC(=O)c1cccc(-n2cnnn2)c1)c1ccccc1Br. The van der Waals surface area contributed by atoms with Gasteiger partial charge in [-0.25, -0.2) is 4.68 Å². The molecule has 0 aliphatic rings. The van der Waals surface area contributed by atoms with Crippen LogP contribution in [0.15, 0.2) is 59.3 Å². The summed E-state index contributed by atoms with van der Waals surface area (Å²) >= 11 is 3.50. The van der Waals surface area contributed by atoms with Gasteiger partial charge in [-0.15, -0.1) is 5.10 Å². The number of hydrogen-bond donors (Lipinski definition) is 1. The molecule has 1 unspecified atom stereocenters. The first-order valence-corrected chi connectivity index (χ1v) is 7.83. The average molecular weight is 372 g/mol. The zero-order chi connectivity index (χ0) is 16.2. The topological polar surface area (TPSA) is 72.7 Å². The zero-order valence-electron chi connectivity index (χ0n) is 12.3. The van der Waals surface area contributed by atoms with Gasteiger partial charge in [-0.2, -0.15) is 0 Å². The smallest absolute Gasteiger partial charge is 0.251 e. The number of benzene rings is 2. The molecule has 0 saturated heterocycles. The van der Waals surface area contributed by atoms with Gasteiger partial charge in [0.15, 0.2) is 0 Å². The monoisotopic (exact) mass is 371 g/mol. The maximum absolute atomic E-state index is 12.5. The van der Waals surface area contributed by atoms with Gasteiger partial charge in [0, 0.05) is 10.0 Å². The Hall–Kier alpha value is -2.54. The first-order valence-electron chi connectivity index (χ1n) is 7.04. The van der Waals surface area contributed by atoms with Crippen molar-refractivity contribution in [3.05, 3.63) is 70.5 Å². The summed E-state index contributed by atoms with van der Waals surface area (Å²) in [6.45, 7) is 1.95. The van der Waals surface area contributed by atoms with Gasteiger partial charge in [-0.05, 0) is 47.2 Å². The third kappa shape index (κ3) is 3.45. The predicted octanol–water partition coefficient (Wildman–Crippen LogP) is 2.92. The highest BCUT2D eigenvalue weighted by Gasteiger charge is 2.14. The van der Waals surface area contributed by atoms with Crippen molar-refractivity contribution in [2.75, 3.05) is 0 Å². The van der Waals surface area contributed by atoms with Gasteiger partial charge in [0.1, 0.15) is 6.33 Å². The van der Waals surface area contributed by atoms with E-state index in [9.17, 15) is 4.79 Å². The third-order valence-electron chi connectivity index (χ3n) is 3.44. The lowest BCUT2D eigenvalue weighted by Gasteiger charge is -2.16. The van der Waals surface area contributed by atoms with E-state index < -0.39 is 0 Å². The van der Waals surface area contributed by atoms with Gasteiger partial charge in [0.25, 0.3) is 5.91 Å². The van der Waals surface area contributed by atoms with E-state index in [1.807, 2.05) is 37.3 Å². The number of nitrogens with one attached hydrogen (secondary N) is 1. The van der Waals surface area contributed by atoms with Crippen LogP contribution in [0, 0.1) is 0 Å². The van der Waals surface area contributed by atoms with Crippen LogP contribution in [-0.4, -0.2) is 26.1 Å². The van der Waals surface area contributed by atoms with Crippen molar-refractivity contribution in [3.8, 4) is 5.69 Å². The summed E-state index contributed by atoms with van der Waals surface area (Å²) in [6, 6.07) is 14.9. The number of carbonyl (C=O) groups excluding carboxylic acids is 1. The first kappa shape index (κ1) is 15.4. The number of nitrogens with zero attached hydrogens (tertiary/aromatic N) is 4.